The molecule has 0 bridgehead atoms. The van der Waals surface area contributed by atoms with E-state index in [0.29, 0.717) is 13.2 Å². The summed E-state index contributed by atoms with van der Waals surface area (Å²) in [7, 11) is 0. The van der Waals surface area contributed by atoms with Crippen LogP contribution in [0.1, 0.15) is 5.56 Å². The van der Waals surface area contributed by atoms with Gasteiger partial charge in [-0.05, 0) is 17.9 Å². The van der Waals surface area contributed by atoms with Crippen molar-refractivity contribution >= 4 is 17.0 Å². The van der Waals surface area contributed by atoms with Crippen molar-refractivity contribution in [1.82, 2.24) is 0 Å². The average molecular weight is 199 g/mol. The first kappa shape index (κ1) is 8.99. The van der Waals surface area contributed by atoms with E-state index >= 15 is 0 Å². The third-order valence-corrected chi connectivity index (χ3v) is 3.11. The van der Waals surface area contributed by atoms with Gasteiger partial charge in [0.15, 0.2) is 0 Å². The Hall–Kier alpha value is -0.580. The molecule has 4 heteroatoms. The van der Waals surface area contributed by atoms with Crippen LogP contribution >= 0.6 is 11.3 Å². The lowest BCUT2D eigenvalue weighted by molar-refractivity contribution is 0.125. The summed E-state index contributed by atoms with van der Waals surface area (Å²) < 4.78 is 5.15. The molecule has 1 aromatic heterocycles. The monoisotopic (exact) mass is 199 g/mol. The van der Waals surface area contributed by atoms with E-state index in [0.717, 1.165) is 5.69 Å². The molecule has 1 aliphatic heterocycles. The number of aliphatic hydroxyl groups excluding tert-OH is 1. The van der Waals surface area contributed by atoms with E-state index in [9.17, 15) is 5.11 Å². The van der Waals surface area contributed by atoms with E-state index in [1.54, 1.807) is 11.3 Å². The molecular weight excluding hydrogens is 186 g/mol. The van der Waals surface area contributed by atoms with Crippen LogP contribution in [-0.2, 0) is 4.74 Å². The molecule has 0 aromatic carbocycles. The van der Waals surface area contributed by atoms with Crippen molar-refractivity contribution in [2.75, 3.05) is 18.5 Å². The summed E-state index contributed by atoms with van der Waals surface area (Å²) in [5.74, 6) is 0. The Labute approximate surface area is 81.3 Å². The Morgan fingerprint density at radius 3 is 2.92 bits per heavy atom. The molecule has 1 fully saturated rings. The van der Waals surface area contributed by atoms with Crippen molar-refractivity contribution in [3.05, 3.63) is 16.3 Å². The van der Waals surface area contributed by atoms with Crippen LogP contribution in [-0.4, -0.2) is 30.5 Å². The molecule has 0 unspecified atom stereocenters. The Kier molecular flexibility index (Phi) is 2.53. The van der Waals surface area contributed by atoms with Crippen molar-refractivity contribution in [1.29, 1.82) is 0 Å². The highest BCUT2D eigenvalue weighted by molar-refractivity contribution is 7.08. The van der Waals surface area contributed by atoms with Crippen molar-refractivity contribution in [2.45, 2.75) is 19.1 Å². The summed E-state index contributed by atoms with van der Waals surface area (Å²) >= 11 is 1.67. The van der Waals surface area contributed by atoms with Gasteiger partial charge in [-0.2, -0.15) is 0 Å². The summed E-state index contributed by atoms with van der Waals surface area (Å²) in [5.41, 5.74) is 2.34. The molecular formula is C9H13NO2S. The molecule has 0 saturated carbocycles. The van der Waals surface area contributed by atoms with Crippen LogP contribution in [0.25, 0.3) is 0 Å². The second kappa shape index (κ2) is 3.65. The Morgan fingerprint density at radius 1 is 1.54 bits per heavy atom. The number of ether oxygens (including phenoxy) is 1. The first-order valence-corrected chi connectivity index (χ1v) is 5.27. The van der Waals surface area contributed by atoms with Crippen LogP contribution < -0.4 is 5.32 Å². The van der Waals surface area contributed by atoms with Crippen LogP contribution in [0.15, 0.2) is 10.8 Å². The fraction of sp³-hybridized carbons (Fsp3) is 0.556. The van der Waals surface area contributed by atoms with Crippen LogP contribution in [0, 0.1) is 6.92 Å². The molecule has 2 rings (SSSR count). The molecule has 0 radical (unpaired) electrons. The number of nitrogens with one attached hydrogen (secondary N) is 1. The van der Waals surface area contributed by atoms with Crippen LogP contribution in [0.3, 0.4) is 0 Å². The molecule has 0 aliphatic carbocycles. The van der Waals surface area contributed by atoms with Crippen LogP contribution in [0.5, 0.6) is 0 Å². The minimum absolute atomic E-state index is 0.0494. The third-order valence-electron chi connectivity index (χ3n) is 2.25. The second-order valence-corrected chi connectivity index (χ2v) is 4.07. The van der Waals surface area contributed by atoms with Gasteiger partial charge >= 0.3 is 0 Å². The van der Waals surface area contributed by atoms with Crippen molar-refractivity contribution in [3.8, 4) is 0 Å². The molecule has 13 heavy (non-hydrogen) atoms. The normalized spacial score (nSPS) is 27.8. The quantitative estimate of drug-likeness (QED) is 0.752. The van der Waals surface area contributed by atoms with Crippen molar-refractivity contribution in [2.24, 2.45) is 0 Å². The Balaban J connectivity index is 2.01. The molecule has 2 N–H and O–H groups in total. The lowest BCUT2D eigenvalue weighted by Crippen LogP contribution is -2.31. The maximum Gasteiger partial charge on any atom is 0.0996 e. The lowest BCUT2D eigenvalue weighted by Gasteiger charge is -2.15. The molecule has 0 amide bonds. The van der Waals surface area contributed by atoms with E-state index < -0.39 is 0 Å². The zero-order chi connectivity index (χ0) is 9.26. The second-order valence-electron chi connectivity index (χ2n) is 3.32. The molecule has 2 atom stereocenters. The van der Waals surface area contributed by atoms with E-state index in [1.807, 2.05) is 0 Å². The van der Waals surface area contributed by atoms with Gasteiger partial charge in [-0.25, -0.2) is 0 Å². The molecule has 72 valence electrons. The summed E-state index contributed by atoms with van der Waals surface area (Å²) in [6.45, 7) is 3.10. The summed E-state index contributed by atoms with van der Waals surface area (Å²) in [6, 6.07) is 0.0494. The average Bonchev–Trinajstić information content (AvgIpc) is 2.65. The van der Waals surface area contributed by atoms with Crippen LogP contribution in [0.2, 0.25) is 0 Å². The van der Waals surface area contributed by atoms with E-state index in [4.69, 9.17) is 4.74 Å². The summed E-state index contributed by atoms with van der Waals surface area (Å²) in [6.07, 6.45) is -0.376. The molecule has 1 saturated heterocycles. The first-order valence-electron chi connectivity index (χ1n) is 4.32. The SMILES string of the molecule is Cc1cscc1N[C@@H]1COC[C@H]1O. The van der Waals surface area contributed by atoms with E-state index in [2.05, 4.69) is 23.0 Å². The van der Waals surface area contributed by atoms with Gasteiger partial charge in [-0.3, -0.25) is 0 Å². The van der Waals surface area contributed by atoms with Gasteiger partial charge in [0.1, 0.15) is 0 Å². The predicted octanol–water partition coefficient (Wildman–Crippen LogP) is 1.23. The fourth-order valence-electron chi connectivity index (χ4n) is 1.39. The Morgan fingerprint density at radius 2 is 2.38 bits per heavy atom. The number of hydrogen-bond donors (Lipinski definition) is 2. The molecule has 2 heterocycles. The van der Waals surface area contributed by atoms with E-state index in [1.165, 1.54) is 5.56 Å². The van der Waals surface area contributed by atoms with Gasteiger partial charge < -0.3 is 15.2 Å². The minimum Gasteiger partial charge on any atom is -0.388 e. The lowest BCUT2D eigenvalue weighted by atomic mass is 10.2. The number of hydrogen-bond acceptors (Lipinski definition) is 4. The maximum absolute atomic E-state index is 9.49. The smallest absolute Gasteiger partial charge is 0.0996 e. The number of aryl methyl sites for hydroxylation is 1. The predicted molar refractivity (Wildman–Crippen MR) is 53.3 cm³/mol. The van der Waals surface area contributed by atoms with Gasteiger partial charge in [-0.15, -0.1) is 11.3 Å². The number of anilines is 1. The molecule has 1 aromatic rings. The molecule has 0 spiro atoms. The third kappa shape index (κ3) is 1.85. The maximum atomic E-state index is 9.49. The highest BCUT2D eigenvalue weighted by atomic mass is 32.1. The van der Waals surface area contributed by atoms with E-state index in [-0.39, 0.29) is 12.1 Å². The fourth-order valence-corrected chi connectivity index (χ4v) is 2.18. The minimum atomic E-state index is -0.376. The highest BCUT2D eigenvalue weighted by Gasteiger charge is 2.26. The molecule has 3 nitrogen and oxygen atoms in total. The van der Waals surface area contributed by atoms with Crippen molar-refractivity contribution < 1.29 is 9.84 Å². The molecule has 1 aliphatic rings. The summed E-state index contributed by atoms with van der Waals surface area (Å²) in [4.78, 5) is 0. The zero-order valence-corrected chi connectivity index (χ0v) is 8.30. The Bertz CT molecular complexity index is 287. The van der Waals surface area contributed by atoms with Gasteiger partial charge in [0.25, 0.3) is 0 Å². The number of rotatable bonds is 2. The van der Waals surface area contributed by atoms with Crippen LogP contribution in [0.4, 0.5) is 5.69 Å². The number of aliphatic hydroxyl groups is 1. The topological polar surface area (TPSA) is 41.5 Å². The highest BCUT2D eigenvalue weighted by Crippen LogP contribution is 2.22. The van der Waals surface area contributed by atoms with Gasteiger partial charge in [0.05, 0.1) is 25.4 Å². The zero-order valence-electron chi connectivity index (χ0n) is 7.49. The van der Waals surface area contributed by atoms with Gasteiger partial charge in [-0.1, -0.05) is 0 Å². The van der Waals surface area contributed by atoms with Gasteiger partial charge in [0.2, 0.25) is 0 Å². The first-order chi connectivity index (χ1) is 6.27. The largest absolute Gasteiger partial charge is 0.388 e. The van der Waals surface area contributed by atoms with Crippen molar-refractivity contribution in [3.63, 3.8) is 0 Å². The standard InChI is InChI=1S/C9H13NO2S/c1-6-4-13-5-8(6)10-7-2-12-3-9(7)11/h4-5,7,9-11H,2-3H2,1H3/t7-,9-/m1/s1. The number of thiophene rings is 1. The van der Waals surface area contributed by atoms with Gasteiger partial charge in [0, 0.05) is 11.1 Å². The summed E-state index contributed by atoms with van der Waals surface area (Å²) in [5, 5.41) is 16.9.